The number of Topliss-reactive ketones (excluding diaryl/α,β-unsaturated/α-hetero) is 1. The summed E-state index contributed by atoms with van der Waals surface area (Å²) < 4.78 is 0. The van der Waals surface area contributed by atoms with Crippen LogP contribution in [0.2, 0.25) is 10.0 Å². The van der Waals surface area contributed by atoms with Crippen LogP contribution in [0.25, 0.3) is 0 Å². The molecule has 0 radical (unpaired) electrons. The number of hydrogen-bond donors (Lipinski definition) is 2. The van der Waals surface area contributed by atoms with E-state index in [9.17, 15) is 14.4 Å². The average molecular weight is 397 g/mol. The minimum absolute atomic E-state index is 0.0669. The molecule has 2 amide bonds. The first-order valence-electron chi connectivity index (χ1n) is 7.77. The second kappa shape index (κ2) is 11.2. The topological polar surface area (TPSA) is 111 Å². The van der Waals surface area contributed by atoms with Gasteiger partial charge in [-0.05, 0) is 31.5 Å². The number of nitrogens with zero attached hydrogens (tertiary/aromatic N) is 2. The van der Waals surface area contributed by atoms with E-state index in [0.717, 1.165) is 0 Å². The van der Waals surface area contributed by atoms with Gasteiger partial charge in [0.1, 0.15) is 12.2 Å². The van der Waals surface area contributed by atoms with Crippen LogP contribution in [0.4, 0.5) is 5.69 Å². The number of ketones is 1. The lowest BCUT2D eigenvalue weighted by atomic mass is 10.1. The van der Waals surface area contributed by atoms with Crippen molar-refractivity contribution in [1.82, 2.24) is 5.43 Å². The number of hydrogen-bond acceptors (Lipinski definition) is 5. The minimum atomic E-state index is -0.531. The van der Waals surface area contributed by atoms with Gasteiger partial charge >= 0.3 is 0 Å². The normalized spacial score (nSPS) is 10.8. The monoisotopic (exact) mass is 396 g/mol. The van der Waals surface area contributed by atoms with Crippen LogP contribution in [0.3, 0.4) is 0 Å². The molecule has 0 aliphatic heterocycles. The number of rotatable bonds is 9. The first-order valence-corrected chi connectivity index (χ1v) is 8.53. The molecule has 2 N–H and O–H groups in total. The van der Waals surface area contributed by atoms with Crippen molar-refractivity contribution in [2.45, 2.75) is 39.0 Å². The number of carbonyl (C=O) groups excluding carboxylic acids is 3. The van der Waals surface area contributed by atoms with Gasteiger partial charge in [0.15, 0.2) is 0 Å². The largest absolute Gasteiger partial charge is 0.325 e. The second-order valence-corrected chi connectivity index (χ2v) is 6.30. The molecule has 1 rings (SSSR count). The second-order valence-electron chi connectivity index (χ2n) is 5.46. The first kappa shape index (κ1) is 21.6. The van der Waals surface area contributed by atoms with Gasteiger partial charge in [-0.1, -0.05) is 23.2 Å². The molecule has 7 nitrogen and oxygen atoms in total. The molecule has 0 fully saturated rings. The van der Waals surface area contributed by atoms with Crippen molar-refractivity contribution in [2.24, 2.45) is 5.10 Å². The zero-order valence-electron chi connectivity index (χ0n) is 14.1. The molecule has 0 saturated carbocycles. The zero-order chi connectivity index (χ0) is 19.5. The zero-order valence-corrected chi connectivity index (χ0v) is 15.7. The Kier molecular flexibility index (Phi) is 9.34. The molecule has 138 valence electrons. The number of nitrogens with one attached hydrogen (secondary N) is 2. The van der Waals surface area contributed by atoms with Crippen molar-refractivity contribution in [3.05, 3.63) is 28.2 Å². The lowest BCUT2D eigenvalue weighted by molar-refractivity contribution is -0.121. The van der Waals surface area contributed by atoms with Crippen molar-refractivity contribution in [3.8, 4) is 6.07 Å². The van der Waals surface area contributed by atoms with E-state index in [1.165, 1.54) is 6.07 Å². The Labute approximate surface area is 161 Å². The number of amides is 2. The summed E-state index contributed by atoms with van der Waals surface area (Å²) in [5.41, 5.74) is 3.08. The Morgan fingerprint density at radius 2 is 1.92 bits per heavy atom. The van der Waals surface area contributed by atoms with E-state index in [-0.39, 0.29) is 37.4 Å². The molecule has 0 heterocycles. The molecule has 1 aromatic rings. The van der Waals surface area contributed by atoms with Crippen molar-refractivity contribution < 1.29 is 14.4 Å². The Hall–Kier alpha value is -2.43. The lowest BCUT2D eigenvalue weighted by Crippen LogP contribution is -2.19. The van der Waals surface area contributed by atoms with Gasteiger partial charge < -0.3 is 5.32 Å². The van der Waals surface area contributed by atoms with Crippen LogP contribution in [0.5, 0.6) is 0 Å². The molecule has 0 spiro atoms. The maximum absolute atomic E-state index is 11.9. The summed E-state index contributed by atoms with van der Waals surface area (Å²) in [6, 6.07) is 6.44. The van der Waals surface area contributed by atoms with Gasteiger partial charge in [-0.3, -0.25) is 14.4 Å². The van der Waals surface area contributed by atoms with E-state index >= 15 is 0 Å². The number of anilines is 1. The van der Waals surface area contributed by atoms with Crippen LogP contribution in [0.1, 0.15) is 39.0 Å². The van der Waals surface area contributed by atoms with Crippen molar-refractivity contribution in [1.29, 1.82) is 5.26 Å². The lowest BCUT2D eigenvalue weighted by Gasteiger charge is -2.07. The summed E-state index contributed by atoms with van der Waals surface area (Å²) in [5.74, 6) is -0.883. The molecule has 0 saturated heterocycles. The number of benzene rings is 1. The van der Waals surface area contributed by atoms with Gasteiger partial charge in [0.25, 0.3) is 5.91 Å². The van der Waals surface area contributed by atoms with Crippen LogP contribution >= 0.6 is 23.2 Å². The van der Waals surface area contributed by atoms with Crippen molar-refractivity contribution >= 4 is 52.2 Å². The van der Waals surface area contributed by atoms with Crippen LogP contribution in [-0.4, -0.2) is 23.3 Å². The van der Waals surface area contributed by atoms with E-state index in [2.05, 4.69) is 15.8 Å². The number of nitriles is 1. The summed E-state index contributed by atoms with van der Waals surface area (Å²) in [6.45, 7) is 1.60. The minimum Gasteiger partial charge on any atom is -0.325 e. The SMILES string of the molecule is C/C(CC(=O)CCCC(=O)Nc1ccc(Cl)cc1Cl)=N\NC(=O)CC#N. The molecule has 0 unspecified atom stereocenters. The Balaban J connectivity index is 2.32. The molecule has 9 heteroatoms. The molecule has 0 aliphatic rings. The van der Waals surface area contributed by atoms with E-state index in [0.29, 0.717) is 27.9 Å². The Morgan fingerprint density at radius 1 is 1.19 bits per heavy atom. The van der Waals surface area contributed by atoms with Crippen LogP contribution in [0.15, 0.2) is 23.3 Å². The molecule has 1 aromatic carbocycles. The van der Waals surface area contributed by atoms with Gasteiger partial charge in [-0.15, -0.1) is 0 Å². The number of hydrazone groups is 1. The van der Waals surface area contributed by atoms with Gasteiger partial charge in [0.05, 0.1) is 16.8 Å². The highest BCUT2D eigenvalue weighted by Crippen LogP contribution is 2.25. The Bertz CT molecular complexity index is 757. The van der Waals surface area contributed by atoms with Gasteiger partial charge in [0.2, 0.25) is 5.91 Å². The summed E-state index contributed by atoms with van der Waals surface area (Å²) >= 11 is 11.8. The van der Waals surface area contributed by atoms with Crippen LogP contribution in [-0.2, 0) is 14.4 Å². The quantitative estimate of drug-likeness (QED) is 0.491. The van der Waals surface area contributed by atoms with Crippen LogP contribution in [0, 0.1) is 11.3 Å². The molecule has 0 aromatic heterocycles. The molecule has 0 atom stereocenters. The first-order chi connectivity index (χ1) is 12.3. The number of halogens is 2. The average Bonchev–Trinajstić information content (AvgIpc) is 2.56. The fourth-order valence-corrected chi connectivity index (χ4v) is 2.39. The fraction of sp³-hybridized carbons (Fsp3) is 0.353. The summed E-state index contributed by atoms with van der Waals surface area (Å²) in [4.78, 5) is 34.8. The van der Waals surface area contributed by atoms with E-state index in [4.69, 9.17) is 28.5 Å². The van der Waals surface area contributed by atoms with Gasteiger partial charge in [-0.25, -0.2) is 5.43 Å². The predicted molar refractivity (Wildman–Crippen MR) is 100 cm³/mol. The fourth-order valence-electron chi connectivity index (χ4n) is 1.93. The third-order valence-corrected chi connectivity index (χ3v) is 3.68. The van der Waals surface area contributed by atoms with Crippen molar-refractivity contribution in [3.63, 3.8) is 0 Å². The highest BCUT2D eigenvalue weighted by molar-refractivity contribution is 6.36. The summed E-state index contributed by atoms with van der Waals surface area (Å²) in [6.07, 6.45) is 0.527. The van der Waals surface area contributed by atoms with Crippen molar-refractivity contribution in [2.75, 3.05) is 5.32 Å². The third kappa shape index (κ3) is 8.60. The predicted octanol–water partition coefficient (Wildman–Crippen LogP) is 3.47. The molecule has 0 bridgehead atoms. The maximum Gasteiger partial charge on any atom is 0.254 e. The third-order valence-electron chi connectivity index (χ3n) is 3.13. The maximum atomic E-state index is 11.9. The summed E-state index contributed by atoms with van der Waals surface area (Å²) in [7, 11) is 0. The smallest absolute Gasteiger partial charge is 0.254 e. The molecular formula is C17H18Cl2N4O3. The summed E-state index contributed by atoms with van der Waals surface area (Å²) in [5, 5.41) is 15.6. The van der Waals surface area contributed by atoms with E-state index in [1.54, 1.807) is 25.1 Å². The van der Waals surface area contributed by atoms with Gasteiger partial charge in [0, 0.05) is 30.0 Å². The number of carbonyl (C=O) groups is 3. The van der Waals surface area contributed by atoms with Crippen LogP contribution < -0.4 is 10.7 Å². The Morgan fingerprint density at radius 3 is 2.58 bits per heavy atom. The van der Waals surface area contributed by atoms with E-state index < -0.39 is 5.91 Å². The van der Waals surface area contributed by atoms with E-state index in [1.807, 2.05) is 0 Å². The molecular weight excluding hydrogens is 379 g/mol. The highest BCUT2D eigenvalue weighted by atomic mass is 35.5. The van der Waals surface area contributed by atoms with Gasteiger partial charge in [-0.2, -0.15) is 10.4 Å². The molecule has 26 heavy (non-hydrogen) atoms. The molecule has 0 aliphatic carbocycles. The highest BCUT2D eigenvalue weighted by Gasteiger charge is 2.09. The standard InChI is InChI=1S/C17H18Cl2N4O3/c1-11(22-23-17(26)7-8-20)9-13(24)3-2-4-16(25)21-15-6-5-12(18)10-14(15)19/h5-6,10H,2-4,7,9H2,1H3,(H,21,25)(H,23,26)/b22-11+.